The number of rotatable bonds is 4. The molecule has 0 aliphatic carbocycles. The van der Waals surface area contributed by atoms with E-state index in [1.807, 2.05) is 38.7 Å². The fourth-order valence-corrected chi connectivity index (χ4v) is 3.66. The second kappa shape index (κ2) is 7.82. The number of aromatic nitrogens is 2. The molecule has 7 nitrogen and oxygen atoms in total. The Morgan fingerprint density at radius 3 is 2.48 bits per heavy atom. The molecule has 1 aliphatic heterocycles. The van der Waals surface area contributed by atoms with Gasteiger partial charge in [0.05, 0.1) is 11.7 Å². The number of aryl methyl sites for hydroxylation is 3. The van der Waals surface area contributed by atoms with Crippen LogP contribution in [0.25, 0.3) is 0 Å². The molecule has 0 spiro atoms. The van der Waals surface area contributed by atoms with Crippen LogP contribution < -0.4 is 10.6 Å². The number of anilines is 1. The van der Waals surface area contributed by atoms with Gasteiger partial charge in [-0.2, -0.15) is 5.10 Å². The summed E-state index contributed by atoms with van der Waals surface area (Å²) in [5, 5.41) is 12.9. The van der Waals surface area contributed by atoms with E-state index >= 15 is 0 Å². The van der Waals surface area contributed by atoms with Crippen LogP contribution in [-0.4, -0.2) is 40.1 Å². The number of likely N-dealkylation sites (tertiary alicyclic amines) is 1. The maximum atomic E-state index is 12.5. The van der Waals surface area contributed by atoms with Crippen molar-refractivity contribution in [2.75, 3.05) is 18.4 Å². The highest BCUT2D eigenvalue weighted by atomic mass is 16.2. The summed E-state index contributed by atoms with van der Waals surface area (Å²) in [7, 11) is 0. The van der Waals surface area contributed by atoms with Gasteiger partial charge >= 0.3 is 6.03 Å². The predicted molar refractivity (Wildman–Crippen MR) is 105 cm³/mol. The monoisotopic (exact) mass is 369 g/mol. The molecule has 144 valence electrons. The van der Waals surface area contributed by atoms with Gasteiger partial charge in [0.2, 0.25) is 0 Å². The Labute approximate surface area is 159 Å². The third-order valence-electron chi connectivity index (χ3n) is 5.08. The Bertz CT molecular complexity index is 833. The first-order valence-electron chi connectivity index (χ1n) is 9.35. The van der Waals surface area contributed by atoms with Crippen molar-refractivity contribution >= 4 is 17.6 Å². The van der Waals surface area contributed by atoms with Crippen LogP contribution in [0.5, 0.6) is 0 Å². The molecule has 1 fully saturated rings. The van der Waals surface area contributed by atoms with Crippen molar-refractivity contribution in [1.82, 2.24) is 20.4 Å². The zero-order valence-electron chi connectivity index (χ0n) is 16.3. The molecule has 1 atom stereocenters. The van der Waals surface area contributed by atoms with Crippen molar-refractivity contribution in [1.29, 1.82) is 0 Å². The minimum atomic E-state index is -0.288. The minimum absolute atomic E-state index is 0.0612. The number of carbonyl (C=O) groups excluding carboxylic acids is 2. The zero-order chi connectivity index (χ0) is 19.6. The van der Waals surface area contributed by atoms with E-state index in [0.29, 0.717) is 11.3 Å². The van der Waals surface area contributed by atoms with Crippen LogP contribution in [0.2, 0.25) is 0 Å². The number of H-pyrrole nitrogens is 1. The normalized spacial score (nSPS) is 14.9. The molecule has 27 heavy (non-hydrogen) atoms. The van der Waals surface area contributed by atoms with E-state index < -0.39 is 0 Å². The summed E-state index contributed by atoms with van der Waals surface area (Å²) in [6.07, 6.45) is 2.14. The Morgan fingerprint density at radius 2 is 1.89 bits per heavy atom. The van der Waals surface area contributed by atoms with Gasteiger partial charge in [0.25, 0.3) is 5.91 Å². The Hall–Kier alpha value is -2.83. The predicted octanol–water partition coefficient (Wildman–Crippen LogP) is 3.45. The van der Waals surface area contributed by atoms with Gasteiger partial charge in [0.1, 0.15) is 0 Å². The molecule has 3 rings (SSSR count). The van der Waals surface area contributed by atoms with Gasteiger partial charge in [-0.25, -0.2) is 4.79 Å². The Kier molecular flexibility index (Phi) is 5.48. The Morgan fingerprint density at radius 1 is 1.19 bits per heavy atom. The number of amides is 3. The smallest absolute Gasteiger partial charge is 0.319 e. The number of hydrogen-bond acceptors (Lipinski definition) is 3. The molecule has 0 radical (unpaired) electrons. The number of urea groups is 1. The third-order valence-corrected chi connectivity index (χ3v) is 5.08. The van der Waals surface area contributed by atoms with Crippen LogP contribution >= 0.6 is 0 Å². The number of nitrogens with zero attached hydrogens (tertiary/aromatic N) is 2. The van der Waals surface area contributed by atoms with Crippen LogP contribution in [-0.2, 0) is 0 Å². The summed E-state index contributed by atoms with van der Waals surface area (Å²) in [6.45, 7) is 9.32. The summed E-state index contributed by atoms with van der Waals surface area (Å²) in [5.41, 5.74) is 5.03. The van der Waals surface area contributed by atoms with Gasteiger partial charge < -0.3 is 15.5 Å². The van der Waals surface area contributed by atoms with Crippen molar-refractivity contribution in [3.8, 4) is 0 Å². The number of benzene rings is 1. The molecule has 0 saturated carbocycles. The molecule has 3 amide bonds. The van der Waals surface area contributed by atoms with E-state index in [4.69, 9.17) is 0 Å². The molecule has 1 aliphatic rings. The van der Waals surface area contributed by atoms with Gasteiger partial charge in [-0.3, -0.25) is 9.89 Å². The number of aromatic amines is 1. The van der Waals surface area contributed by atoms with Crippen molar-refractivity contribution < 1.29 is 9.59 Å². The molecule has 1 aromatic heterocycles. The summed E-state index contributed by atoms with van der Waals surface area (Å²) in [5.74, 6) is 0.0612. The van der Waals surface area contributed by atoms with Gasteiger partial charge in [-0.15, -0.1) is 0 Å². The molecular weight excluding hydrogens is 342 g/mol. The van der Waals surface area contributed by atoms with Crippen molar-refractivity contribution in [3.63, 3.8) is 0 Å². The molecule has 7 heteroatoms. The maximum Gasteiger partial charge on any atom is 0.319 e. The molecule has 1 aromatic carbocycles. The second-order valence-electron chi connectivity index (χ2n) is 7.20. The first-order chi connectivity index (χ1) is 12.9. The number of hydrogen-bond donors (Lipinski definition) is 3. The van der Waals surface area contributed by atoms with Crippen molar-refractivity contribution in [3.05, 3.63) is 46.3 Å². The Balaban J connectivity index is 1.65. The van der Waals surface area contributed by atoms with Crippen LogP contribution in [0.15, 0.2) is 18.2 Å². The van der Waals surface area contributed by atoms with Crippen LogP contribution in [0.1, 0.15) is 58.7 Å². The van der Waals surface area contributed by atoms with E-state index in [0.717, 1.165) is 48.4 Å². The van der Waals surface area contributed by atoms with Gasteiger partial charge in [0, 0.05) is 35.6 Å². The molecule has 2 heterocycles. The summed E-state index contributed by atoms with van der Waals surface area (Å²) in [6, 6.07) is 4.95. The lowest BCUT2D eigenvalue weighted by molar-refractivity contribution is 0.0792. The highest BCUT2D eigenvalue weighted by Crippen LogP contribution is 2.21. The molecule has 0 unspecified atom stereocenters. The SMILES string of the molecule is Cc1cc(C(=O)N2CCCC2)ccc1NC(=O)N[C@H](C)c1c(C)n[nH]c1C. The average molecular weight is 369 g/mol. The minimum Gasteiger partial charge on any atom is -0.339 e. The van der Waals surface area contributed by atoms with E-state index in [1.54, 1.807) is 12.1 Å². The van der Waals surface area contributed by atoms with Crippen molar-refractivity contribution in [2.24, 2.45) is 0 Å². The lowest BCUT2D eigenvalue weighted by Gasteiger charge is -2.18. The fraction of sp³-hybridized carbons (Fsp3) is 0.450. The molecule has 1 saturated heterocycles. The molecular formula is C20H27N5O2. The first-order valence-corrected chi connectivity index (χ1v) is 9.35. The number of nitrogens with one attached hydrogen (secondary N) is 3. The van der Waals surface area contributed by atoms with E-state index in [2.05, 4.69) is 20.8 Å². The van der Waals surface area contributed by atoms with Crippen molar-refractivity contribution in [2.45, 2.75) is 46.6 Å². The third kappa shape index (κ3) is 4.13. The van der Waals surface area contributed by atoms with E-state index in [9.17, 15) is 9.59 Å². The summed E-state index contributed by atoms with van der Waals surface area (Å²) in [4.78, 5) is 26.8. The fourth-order valence-electron chi connectivity index (χ4n) is 3.66. The maximum absolute atomic E-state index is 12.5. The average Bonchev–Trinajstić information content (AvgIpc) is 3.26. The van der Waals surface area contributed by atoms with Crippen LogP contribution in [0.3, 0.4) is 0 Å². The zero-order valence-corrected chi connectivity index (χ0v) is 16.3. The topological polar surface area (TPSA) is 90.1 Å². The standard InChI is InChI=1S/C20H27N5O2/c1-12-11-16(19(26)25-9-5-6-10-25)7-8-17(12)22-20(27)21-13(2)18-14(3)23-24-15(18)4/h7-8,11,13H,5-6,9-10H2,1-4H3,(H,23,24)(H2,21,22,27)/t13-/m1/s1. The van der Waals surface area contributed by atoms with Crippen LogP contribution in [0.4, 0.5) is 10.5 Å². The van der Waals surface area contributed by atoms with Gasteiger partial charge in [-0.05, 0) is 64.3 Å². The lowest BCUT2D eigenvalue weighted by atomic mass is 10.1. The molecule has 2 aromatic rings. The molecule has 3 N–H and O–H groups in total. The van der Waals surface area contributed by atoms with Gasteiger partial charge in [0.15, 0.2) is 0 Å². The second-order valence-corrected chi connectivity index (χ2v) is 7.20. The van der Waals surface area contributed by atoms with Crippen LogP contribution in [0, 0.1) is 20.8 Å². The lowest BCUT2D eigenvalue weighted by Crippen LogP contribution is -2.32. The summed E-state index contributed by atoms with van der Waals surface area (Å²) >= 11 is 0. The number of carbonyl (C=O) groups is 2. The quantitative estimate of drug-likeness (QED) is 0.771. The van der Waals surface area contributed by atoms with E-state index in [1.165, 1.54) is 0 Å². The first kappa shape index (κ1) is 18.9. The van der Waals surface area contributed by atoms with E-state index in [-0.39, 0.29) is 18.0 Å². The highest BCUT2D eigenvalue weighted by molar-refractivity contribution is 5.96. The summed E-state index contributed by atoms with van der Waals surface area (Å²) < 4.78 is 0. The van der Waals surface area contributed by atoms with Gasteiger partial charge in [-0.1, -0.05) is 0 Å². The molecule has 0 bridgehead atoms. The highest BCUT2D eigenvalue weighted by Gasteiger charge is 2.20. The largest absolute Gasteiger partial charge is 0.339 e.